The lowest BCUT2D eigenvalue weighted by Crippen LogP contribution is -2.60. The summed E-state index contributed by atoms with van der Waals surface area (Å²) in [4.78, 5) is 13.1. The molecule has 0 aromatic heterocycles. The van der Waals surface area contributed by atoms with E-state index >= 15 is 0 Å². The Kier molecular flexibility index (Phi) is 49.8. The Morgan fingerprint density at radius 1 is 0.472 bits per heavy atom. The summed E-state index contributed by atoms with van der Waals surface area (Å²) in [6, 6.07) is -0.823. The largest absolute Gasteiger partial charge is 0.394 e. The van der Waals surface area contributed by atoms with E-state index in [1.807, 2.05) is 6.08 Å². The van der Waals surface area contributed by atoms with Gasteiger partial charge in [0.15, 0.2) is 6.29 Å². The lowest BCUT2D eigenvalue weighted by molar-refractivity contribution is -0.302. The number of carbonyl (C=O) groups excluding carboxylic acids is 1. The molecule has 7 unspecified atom stereocenters. The van der Waals surface area contributed by atoms with Crippen molar-refractivity contribution in [3.05, 3.63) is 48.6 Å². The molecule has 7 atom stereocenters. The van der Waals surface area contributed by atoms with Gasteiger partial charge in [0.25, 0.3) is 0 Å². The first-order valence-corrected chi connectivity index (χ1v) is 30.9. The number of hydrogen-bond acceptors (Lipinski definition) is 8. The first-order chi connectivity index (χ1) is 35.3. The zero-order valence-corrected chi connectivity index (χ0v) is 46.9. The van der Waals surface area contributed by atoms with Gasteiger partial charge in [0.2, 0.25) is 5.91 Å². The van der Waals surface area contributed by atoms with E-state index in [9.17, 15) is 30.3 Å². The molecule has 72 heavy (non-hydrogen) atoms. The molecule has 1 aliphatic rings. The summed E-state index contributed by atoms with van der Waals surface area (Å²) in [5, 5.41) is 54.5. The van der Waals surface area contributed by atoms with Crippen molar-refractivity contribution >= 4 is 5.91 Å². The second-order valence-corrected chi connectivity index (χ2v) is 21.5. The molecule has 9 nitrogen and oxygen atoms in total. The fourth-order valence-corrected chi connectivity index (χ4v) is 9.73. The first kappa shape index (κ1) is 68.2. The lowest BCUT2D eigenvalue weighted by atomic mass is 9.99. The molecule has 9 heteroatoms. The highest BCUT2D eigenvalue weighted by atomic mass is 16.7. The fourth-order valence-electron chi connectivity index (χ4n) is 9.73. The predicted octanol–water partition coefficient (Wildman–Crippen LogP) is 15.7. The molecule has 422 valence electrons. The molecule has 1 rings (SSSR count). The predicted molar refractivity (Wildman–Crippen MR) is 304 cm³/mol. The number of aliphatic hydroxyl groups is 5. The second-order valence-electron chi connectivity index (χ2n) is 21.5. The molecule has 0 aromatic carbocycles. The Bertz CT molecular complexity index is 1270. The molecule has 1 heterocycles. The normalized spacial score (nSPS) is 19.5. The minimum atomic E-state index is -1.57. The zero-order valence-electron chi connectivity index (χ0n) is 46.9. The maximum absolute atomic E-state index is 13.1. The van der Waals surface area contributed by atoms with E-state index in [0.717, 1.165) is 44.9 Å². The van der Waals surface area contributed by atoms with Crippen LogP contribution in [0.5, 0.6) is 0 Å². The van der Waals surface area contributed by atoms with Crippen LogP contribution >= 0.6 is 0 Å². The van der Waals surface area contributed by atoms with E-state index < -0.39 is 49.5 Å². The van der Waals surface area contributed by atoms with Crippen LogP contribution in [-0.4, -0.2) is 87.5 Å². The van der Waals surface area contributed by atoms with Crippen LogP contribution in [0.25, 0.3) is 0 Å². The number of nitrogens with one attached hydrogen (secondary N) is 1. The van der Waals surface area contributed by atoms with Crippen LogP contribution in [0.4, 0.5) is 0 Å². The van der Waals surface area contributed by atoms with Gasteiger partial charge in [-0.05, 0) is 64.2 Å². The third-order valence-electron chi connectivity index (χ3n) is 14.6. The van der Waals surface area contributed by atoms with E-state index in [2.05, 4.69) is 55.6 Å². The van der Waals surface area contributed by atoms with Crippen LogP contribution in [0.15, 0.2) is 48.6 Å². The molecule has 0 radical (unpaired) electrons. The van der Waals surface area contributed by atoms with E-state index in [-0.39, 0.29) is 12.5 Å². The van der Waals surface area contributed by atoms with Gasteiger partial charge in [0, 0.05) is 6.42 Å². The van der Waals surface area contributed by atoms with Crippen molar-refractivity contribution in [3.63, 3.8) is 0 Å². The minimum Gasteiger partial charge on any atom is -0.394 e. The number of hydrogen-bond donors (Lipinski definition) is 6. The van der Waals surface area contributed by atoms with Crippen molar-refractivity contribution in [2.24, 2.45) is 0 Å². The molecule has 0 spiro atoms. The highest BCUT2D eigenvalue weighted by Crippen LogP contribution is 2.23. The Hall–Kier alpha value is -1.85. The van der Waals surface area contributed by atoms with Crippen molar-refractivity contribution in [1.82, 2.24) is 5.32 Å². The summed E-state index contributed by atoms with van der Waals surface area (Å²) >= 11 is 0. The molecule has 0 aliphatic carbocycles. The van der Waals surface area contributed by atoms with Crippen molar-refractivity contribution < 1.29 is 39.8 Å². The summed E-state index contributed by atoms with van der Waals surface area (Å²) in [6.45, 7) is 3.79. The van der Waals surface area contributed by atoms with Gasteiger partial charge in [-0.25, -0.2) is 0 Å². The number of aliphatic hydroxyl groups excluding tert-OH is 5. The van der Waals surface area contributed by atoms with Gasteiger partial charge in [-0.3, -0.25) is 4.79 Å². The molecule has 1 amide bonds. The van der Waals surface area contributed by atoms with Gasteiger partial charge < -0.3 is 40.3 Å². The van der Waals surface area contributed by atoms with E-state index in [4.69, 9.17) is 9.47 Å². The Labute approximate surface area is 444 Å². The van der Waals surface area contributed by atoms with E-state index in [1.165, 1.54) is 225 Å². The van der Waals surface area contributed by atoms with Crippen molar-refractivity contribution in [2.75, 3.05) is 13.2 Å². The Morgan fingerprint density at radius 3 is 1.25 bits per heavy atom. The van der Waals surface area contributed by atoms with Crippen molar-refractivity contribution in [1.29, 1.82) is 0 Å². The molecular formula is C63H117NO8. The van der Waals surface area contributed by atoms with Gasteiger partial charge in [0.05, 0.1) is 25.4 Å². The molecule has 0 bridgehead atoms. The first-order valence-electron chi connectivity index (χ1n) is 30.9. The number of ether oxygens (including phenoxy) is 2. The molecule has 6 N–H and O–H groups in total. The highest BCUT2D eigenvalue weighted by Gasteiger charge is 2.44. The van der Waals surface area contributed by atoms with Gasteiger partial charge in [0.1, 0.15) is 24.4 Å². The average Bonchev–Trinajstić information content (AvgIpc) is 3.38. The summed E-state index contributed by atoms with van der Waals surface area (Å²) < 4.78 is 11.3. The van der Waals surface area contributed by atoms with Gasteiger partial charge in [-0.2, -0.15) is 0 Å². The smallest absolute Gasteiger partial charge is 0.220 e. The average molecular weight is 1020 g/mol. The zero-order chi connectivity index (χ0) is 52.2. The van der Waals surface area contributed by atoms with Gasteiger partial charge >= 0.3 is 0 Å². The topological polar surface area (TPSA) is 149 Å². The maximum Gasteiger partial charge on any atom is 0.220 e. The number of carbonyl (C=O) groups is 1. The van der Waals surface area contributed by atoms with Crippen molar-refractivity contribution in [2.45, 2.75) is 333 Å². The number of allylic oxidation sites excluding steroid dienone is 7. The number of unbranched alkanes of at least 4 members (excludes halogenated alkanes) is 37. The second kappa shape index (κ2) is 52.6. The summed E-state index contributed by atoms with van der Waals surface area (Å²) in [6.07, 6.45) is 63.3. The Morgan fingerprint density at radius 2 is 0.833 bits per heavy atom. The molecule has 1 saturated heterocycles. The van der Waals surface area contributed by atoms with Crippen LogP contribution < -0.4 is 5.32 Å². The maximum atomic E-state index is 13.1. The standard InChI is InChI=1S/C63H117NO8/c1-3-5-7-9-11-13-15-17-19-21-23-25-26-27-28-29-30-31-32-33-35-37-39-41-43-45-47-49-51-53-59(67)64-56(55-71-63-62(70)61(69)60(68)58(54-65)72-63)57(66)52-50-48-46-44-42-40-38-36-34-24-22-20-18-16-14-12-10-8-6-4-2/h23,25,27-28,42,44,50,52,56-58,60-63,65-66,68-70H,3-22,24,26,29-41,43,45-49,51,53-55H2,1-2H3,(H,64,67)/b25-23-,28-27-,44-42+,52-50+. The molecule has 1 fully saturated rings. The molecular weight excluding hydrogens is 899 g/mol. The monoisotopic (exact) mass is 1020 g/mol. The third kappa shape index (κ3) is 41.4. The lowest BCUT2D eigenvalue weighted by Gasteiger charge is -2.40. The van der Waals surface area contributed by atoms with Gasteiger partial charge in [-0.1, -0.05) is 268 Å². The summed E-state index contributed by atoms with van der Waals surface area (Å²) in [5.74, 6) is -0.185. The van der Waals surface area contributed by atoms with Crippen LogP contribution in [0.2, 0.25) is 0 Å². The summed E-state index contributed by atoms with van der Waals surface area (Å²) in [7, 11) is 0. The summed E-state index contributed by atoms with van der Waals surface area (Å²) in [5.41, 5.74) is 0. The Balaban J connectivity index is 2.20. The molecule has 0 aromatic rings. The SMILES string of the molecule is CCCCCCCCCCC/C=C\C/C=C\CCCCCCCCCCCCCCCC(=O)NC(COC1OC(CO)C(O)C(O)C1O)C(O)/C=C/CC/C=C/CCCCCCCCCCCCCCCC. The number of rotatable bonds is 53. The molecule has 0 saturated carbocycles. The third-order valence-corrected chi connectivity index (χ3v) is 14.6. The van der Waals surface area contributed by atoms with Crippen LogP contribution in [0.3, 0.4) is 0 Å². The van der Waals surface area contributed by atoms with Gasteiger partial charge in [-0.15, -0.1) is 0 Å². The van der Waals surface area contributed by atoms with E-state index in [1.54, 1.807) is 6.08 Å². The van der Waals surface area contributed by atoms with E-state index in [0.29, 0.717) is 6.42 Å². The number of amides is 1. The van der Waals surface area contributed by atoms with Crippen molar-refractivity contribution in [3.8, 4) is 0 Å². The minimum absolute atomic E-state index is 0.185. The molecule has 1 aliphatic heterocycles. The quantitative estimate of drug-likeness (QED) is 0.0261. The van der Waals surface area contributed by atoms with Crippen LogP contribution in [-0.2, 0) is 14.3 Å². The van der Waals surface area contributed by atoms with Crippen LogP contribution in [0.1, 0.15) is 290 Å². The fraction of sp³-hybridized carbons (Fsp3) is 0.857. The highest BCUT2D eigenvalue weighted by molar-refractivity contribution is 5.76. The van der Waals surface area contributed by atoms with Crippen LogP contribution in [0, 0.1) is 0 Å².